The summed E-state index contributed by atoms with van der Waals surface area (Å²) in [5.41, 5.74) is 0. The van der Waals surface area contributed by atoms with Gasteiger partial charge in [-0.2, -0.15) is 0 Å². The maximum Gasteiger partial charge on any atom is 0.191 e. The lowest BCUT2D eigenvalue weighted by Crippen LogP contribution is -2.39. The third-order valence-corrected chi connectivity index (χ3v) is 4.48. The highest BCUT2D eigenvalue weighted by Crippen LogP contribution is 2.14. The van der Waals surface area contributed by atoms with Gasteiger partial charge in [0.25, 0.3) is 0 Å². The van der Waals surface area contributed by atoms with Crippen LogP contribution in [-0.2, 0) is 15.9 Å². The van der Waals surface area contributed by atoms with Crippen LogP contribution in [0, 0.1) is 5.92 Å². The minimum atomic E-state index is 0.668. The Morgan fingerprint density at radius 1 is 1.23 bits per heavy atom. The van der Waals surface area contributed by atoms with Gasteiger partial charge in [0, 0.05) is 52.5 Å². The highest BCUT2D eigenvalue weighted by Gasteiger charge is 2.13. The molecule has 0 spiro atoms. The lowest BCUT2D eigenvalue weighted by Gasteiger charge is -2.21. The van der Waals surface area contributed by atoms with Crippen molar-refractivity contribution < 1.29 is 13.9 Å². The van der Waals surface area contributed by atoms with Crippen LogP contribution in [0.1, 0.15) is 44.8 Å². The van der Waals surface area contributed by atoms with Crippen molar-refractivity contribution in [3.05, 3.63) is 24.2 Å². The molecular formula is C20H35N3O3. The van der Waals surface area contributed by atoms with Crippen LogP contribution < -0.4 is 10.6 Å². The number of furan rings is 1. The first kappa shape index (κ1) is 20.8. The lowest BCUT2D eigenvalue weighted by molar-refractivity contribution is 0.0205. The van der Waals surface area contributed by atoms with Crippen molar-refractivity contribution in [2.75, 3.05) is 46.1 Å². The topological polar surface area (TPSA) is 68.0 Å². The Morgan fingerprint density at radius 2 is 2.08 bits per heavy atom. The van der Waals surface area contributed by atoms with E-state index in [4.69, 9.17) is 13.9 Å². The Labute approximate surface area is 157 Å². The van der Waals surface area contributed by atoms with Crippen molar-refractivity contribution in [2.45, 2.75) is 45.4 Å². The molecule has 0 aromatic carbocycles. The molecule has 6 nitrogen and oxygen atoms in total. The van der Waals surface area contributed by atoms with Crippen LogP contribution in [0.25, 0.3) is 0 Å². The molecule has 2 rings (SSSR count). The molecule has 1 saturated heterocycles. The summed E-state index contributed by atoms with van der Waals surface area (Å²) < 4.78 is 16.5. The smallest absolute Gasteiger partial charge is 0.191 e. The van der Waals surface area contributed by atoms with E-state index in [0.29, 0.717) is 5.92 Å². The molecule has 1 aromatic rings. The fraction of sp³-hybridized carbons (Fsp3) is 0.750. The van der Waals surface area contributed by atoms with Gasteiger partial charge < -0.3 is 24.5 Å². The Morgan fingerprint density at radius 3 is 2.85 bits per heavy atom. The zero-order valence-corrected chi connectivity index (χ0v) is 16.2. The number of hydrogen-bond donors (Lipinski definition) is 2. The minimum Gasteiger partial charge on any atom is -0.469 e. The van der Waals surface area contributed by atoms with E-state index >= 15 is 0 Å². The molecule has 0 bridgehead atoms. The van der Waals surface area contributed by atoms with Crippen molar-refractivity contribution in [3.63, 3.8) is 0 Å². The summed E-state index contributed by atoms with van der Waals surface area (Å²) in [5.74, 6) is 2.54. The molecular weight excluding hydrogens is 330 g/mol. The molecule has 1 fully saturated rings. The zero-order valence-electron chi connectivity index (χ0n) is 16.2. The van der Waals surface area contributed by atoms with Crippen LogP contribution in [-0.4, -0.2) is 52.0 Å². The molecule has 6 heteroatoms. The van der Waals surface area contributed by atoms with Gasteiger partial charge >= 0.3 is 0 Å². The van der Waals surface area contributed by atoms with Gasteiger partial charge in [0.05, 0.1) is 6.26 Å². The molecule has 0 radical (unpaired) electrons. The van der Waals surface area contributed by atoms with Crippen LogP contribution in [0.3, 0.4) is 0 Å². The van der Waals surface area contributed by atoms with E-state index in [1.807, 2.05) is 12.1 Å². The van der Waals surface area contributed by atoms with E-state index in [-0.39, 0.29) is 0 Å². The van der Waals surface area contributed by atoms with Crippen LogP contribution in [0.4, 0.5) is 0 Å². The Bertz CT molecular complexity index is 471. The molecule has 0 atom stereocenters. The summed E-state index contributed by atoms with van der Waals surface area (Å²) in [6.45, 7) is 8.12. The van der Waals surface area contributed by atoms with Crippen LogP contribution in [0.2, 0.25) is 0 Å². The highest BCUT2D eigenvalue weighted by atomic mass is 16.5. The standard InChI is InChI=1S/C20H35N3O3/c1-2-3-10-21-20(23-12-7-19-6-4-14-26-19)22-11-5-13-25-17-18-8-15-24-16-9-18/h4,6,14,18H,2-3,5,7-13,15-17H2,1H3,(H2,21,22,23). The van der Waals surface area contributed by atoms with Crippen molar-refractivity contribution in [1.82, 2.24) is 10.6 Å². The van der Waals surface area contributed by atoms with E-state index in [0.717, 1.165) is 89.9 Å². The number of unbranched alkanes of at least 4 members (excludes halogenated alkanes) is 1. The van der Waals surface area contributed by atoms with Gasteiger partial charge in [-0.15, -0.1) is 0 Å². The Balaban J connectivity index is 1.59. The van der Waals surface area contributed by atoms with Crippen molar-refractivity contribution in [2.24, 2.45) is 10.9 Å². The van der Waals surface area contributed by atoms with Crippen LogP contribution in [0.15, 0.2) is 27.8 Å². The molecule has 0 amide bonds. The first-order chi connectivity index (χ1) is 12.9. The lowest BCUT2D eigenvalue weighted by atomic mass is 10.0. The van der Waals surface area contributed by atoms with E-state index in [1.54, 1.807) is 6.26 Å². The molecule has 2 N–H and O–H groups in total. The number of nitrogens with one attached hydrogen (secondary N) is 2. The zero-order chi connectivity index (χ0) is 18.3. The second-order valence-electron chi connectivity index (χ2n) is 6.75. The molecule has 148 valence electrons. The second-order valence-corrected chi connectivity index (χ2v) is 6.75. The summed E-state index contributed by atoms with van der Waals surface area (Å²) in [5, 5.41) is 6.78. The van der Waals surface area contributed by atoms with Gasteiger partial charge in [-0.25, -0.2) is 0 Å². The first-order valence-corrected chi connectivity index (χ1v) is 10.1. The fourth-order valence-electron chi connectivity index (χ4n) is 2.84. The van der Waals surface area contributed by atoms with E-state index in [2.05, 4.69) is 22.5 Å². The molecule has 1 aliphatic rings. The number of nitrogens with zero attached hydrogens (tertiary/aromatic N) is 1. The average Bonchev–Trinajstić information content (AvgIpc) is 3.18. The van der Waals surface area contributed by atoms with Crippen molar-refractivity contribution >= 4 is 5.96 Å². The average molecular weight is 366 g/mol. The molecule has 2 heterocycles. The Kier molecular flexibility index (Phi) is 10.9. The number of rotatable bonds is 12. The van der Waals surface area contributed by atoms with Gasteiger partial charge in [-0.3, -0.25) is 4.99 Å². The molecule has 0 unspecified atom stereocenters. The predicted octanol–water partition coefficient (Wildman–Crippen LogP) is 2.99. The normalized spacial score (nSPS) is 16.0. The monoisotopic (exact) mass is 365 g/mol. The summed E-state index contributed by atoms with van der Waals surface area (Å²) in [7, 11) is 0. The summed E-state index contributed by atoms with van der Waals surface area (Å²) in [6.07, 6.45) is 8.09. The molecule has 1 aromatic heterocycles. The van der Waals surface area contributed by atoms with Crippen LogP contribution >= 0.6 is 0 Å². The van der Waals surface area contributed by atoms with E-state index in [9.17, 15) is 0 Å². The van der Waals surface area contributed by atoms with Gasteiger partial charge in [-0.05, 0) is 43.7 Å². The maximum atomic E-state index is 5.81. The third kappa shape index (κ3) is 9.25. The van der Waals surface area contributed by atoms with Gasteiger partial charge in [0.2, 0.25) is 0 Å². The van der Waals surface area contributed by atoms with Gasteiger partial charge in [0.15, 0.2) is 5.96 Å². The number of guanidine groups is 1. The molecule has 0 saturated carbocycles. The van der Waals surface area contributed by atoms with E-state index in [1.165, 1.54) is 6.42 Å². The Hall–Kier alpha value is -1.53. The summed E-state index contributed by atoms with van der Waals surface area (Å²) >= 11 is 0. The maximum absolute atomic E-state index is 5.81. The van der Waals surface area contributed by atoms with Crippen LogP contribution in [0.5, 0.6) is 0 Å². The first-order valence-electron chi connectivity index (χ1n) is 10.1. The number of aliphatic imine (C=N–C) groups is 1. The summed E-state index contributed by atoms with van der Waals surface area (Å²) in [4.78, 5) is 4.66. The van der Waals surface area contributed by atoms with Crippen molar-refractivity contribution in [1.29, 1.82) is 0 Å². The quantitative estimate of drug-likeness (QED) is 0.339. The third-order valence-electron chi connectivity index (χ3n) is 4.48. The minimum absolute atomic E-state index is 0.668. The summed E-state index contributed by atoms with van der Waals surface area (Å²) in [6, 6.07) is 3.92. The SMILES string of the molecule is CCCCNC(=NCCCOCC1CCOCC1)NCCc1ccco1. The molecule has 1 aliphatic heterocycles. The van der Waals surface area contributed by atoms with E-state index < -0.39 is 0 Å². The fourth-order valence-corrected chi connectivity index (χ4v) is 2.84. The largest absolute Gasteiger partial charge is 0.469 e. The number of ether oxygens (including phenoxy) is 2. The van der Waals surface area contributed by atoms with Crippen molar-refractivity contribution in [3.8, 4) is 0 Å². The van der Waals surface area contributed by atoms with Gasteiger partial charge in [0.1, 0.15) is 5.76 Å². The predicted molar refractivity (Wildman–Crippen MR) is 105 cm³/mol. The molecule has 26 heavy (non-hydrogen) atoms. The number of hydrogen-bond acceptors (Lipinski definition) is 4. The van der Waals surface area contributed by atoms with Gasteiger partial charge in [-0.1, -0.05) is 13.3 Å². The highest BCUT2D eigenvalue weighted by molar-refractivity contribution is 5.79. The second kappa shape index (κ2) is 13.6. The molecule has 0 aliphatic carbocycles.